The van der Waals surface area contributed by atoms with Gasteiger partial charge in [-0.15, -0.1) is 0 Å². The monoisotopic (exact) mass is 376 g/mol. The minimum absolute atomic E-state index is 0.0611. The molecule has 2 unspecified atom stereocenters. The summed E-state index contributed by atoms with van der Waals surface area (Å²) in [5.41, 5.74) is 4.49. The van der Waals surface area contributed by atoms with Gasteiger partial charge in [0.15, 0.2) is 5.75 Å². The number of nitrogens with zero attached hydrogens (tertiary/aromatic N) is 1. The van der Waals surface area contributed by atoms with Crippen LogP contribution in [0.15, 0.2) is 41.3 Å². The van der Waals surface area contributed by atoms with Crippen LogP contribution in [0.1, 0.15) is 47.4 Å². The summed E-state index contributed by atoms with van der Waals surface area (Å²) < 4.78 is 7.93. The van der Waals surface area contributed by atoms with E-state index >= 15 is 0 Å². The van der Waals surface area contributed by atoms with E-state index in [1.54, 1.807) is 6.07 Å². The summed E-state index contributed by atoms with van der Waals surface area (Å²) >= 11 is 0. The Balaban J connectivity index is 1.79. The van der Waals surface area contributed by atoms with Gasteiger partial charge in [0.1, 0.15) is 12.2 Å². The number of aromatic carboxylic acids is 1. The Morgan fingerprint density at radius 3 is 2.86 bits per heavy atom. The maximum Gasteiger partial charge on any atom is 0.341 e. The molecule has 28 heavy (non-hydrogen) atoms. The van der Waals surface area contributed by atoms with Crippen molar-refractivity contribution in [3.05, 3.63) is 63.4 Å². The second-order valence-corrected chi connectivity index (χ2v) is 7.60. The first-order chi connectivity index (χ1) is 13.5. The van der Waals surface area contributed by atoms with Gasteiger partial charge in [0.25, 0.3) is 0 Å². The second-order valence-electron chi connectivity index (χ2n) is 7.60. The van der Waals surface area contributed by atoms with Gasteiger partial charge in [0.2, 0.25) is 5.43 Å². The number of carbonyl (C=O) groups is 1. The average Bonchev–Trinajstić information content (AvgIpc) is 3.06. The number of hydrogen-bond donors (Lipinski definition) is 2. The highest BCUT2D eigenvalue weighted by Gasteiger charge is 2.26. The van der Waals surface area contributed by atoms with Crippen molar-refractivity contribution in [2.75, 3.05) is 6.61 Å². The maximum absolute atomic E-state index is 12.7. The van der Waals surface area contributed by atoms with E-state index in [0.717, 1.165) is 17.7 Å². The lowest BCUT2D eigenvalue weighted by Crippen LogP contribution is -2.26. The fourth-order valence-electron chi connectivity index (χ4n) is 4.30. The summed E-state index contributed by atoms with van der Waals surface area (Å²) in [6.07, 6.45) is 1.45. The van der Waals surface area contributed by atoms with Crippen LogP contribution in [0.5, 0.6) is 5.75 Å². The van der Waals surface area contributed by atoms with Gasteiger partial charge in [-0.3, -0.25) is 4.79 Å². The molecule has 6 heteroatoms. The zero-order valence-corrected chi connectivity index (χ0v) is 15.7. The summed E-state index contributed by atoms with van der Waals surface area (Å²) in [6, 6.07) is 10.2. The summed E-state index contributed by atoms with van der Waals surface area (Å²) in [7, 11) is 0. The van der Waals surface area contributed by atoms with Crippen molar-refractivity contribution in [3.63, 3.8) is 0 Å². The van der Waals surface area contributed by atoms with Gasteiger partial charge in [-0.25, -0.2) is 4.79 Å². The standard InChI is InChI=1S/C22H20N2O4/c1-11-10-28-21-16(13-3-4-15-12(2)23-8-14(15)7-13)5-6-17-19(21)24(11)9-18(20(17)25)22(26)27/h3-7,9,11-12,23H,8,10H2,1-2H3,(H,26,27). The Kier molecular flexibility index (Phi) is 3.61. The number of carboxylic acids is 1. The van der Waals surface area contributed by atoms with E-state index in [-0.39, 0.29) is 11.6 Å². The van der Waals surface area contributed by atoms with Gasteiger partial charge in [-0.1, -0.05) is 12.1 Å². The predicted octanol–water partition coefficient (Wildman–Crippen LogP) is 3.48. The lowest BCUT2D eigenvalue weighted by molar-refractivity contribution is 0.0694. The molecule has 2 atom stereocenters. The highest BCUT2D eigenvalue weighted by Crippen LogP contribution is 2.41. The molecule has 3 aromatic rings. The lowest BCUT2D eigenvalue weighted by Gasteiger charge is -2.28. The molecule has 0 amide bonds. The molecule has 142 valence electrons. The van der Waals surface area contributed by atoms with Crippen LogP contribution in [-0.2, 0) is 6.54 Å². The molecule has 5 rings (SSSR count). The molecule has 1 aromatic heterocycles. The molecule has 3 heterocycles. The Hall–Kier alpha value is -3.12. The Morgan fingerprint density at radius 2 is 2.07 bits per heavy atom. The minimum atomic E-state index is -1.21. The fourth-order valence-corrected chi connectivity index (χ4v) is 4.30. The second kappa shape index (κ2) is 5.94. The van der Waals surface area contributed by atoms with Gasteiger partial charge < -0.3 is 19.7 Å². The molecule has 0 saturated heterocycles. The normalized spacial score (nSPS) is 20.1. The Morgan fingerprint density at radius 1 is 1.25 bits per heavy atom. The zero-order chi connectivity index (χ0) is 19.6. The molecule has 0 saturated carbocycles. The number of carboxylic acid groups (broad SMARTS) is 1. The third-order valence-corrected chi connectivity index (χ3v) is 5.84. The van der Waals surface area contributed by atoms with E-state index in [2.05, 4.69) is 30.4 Å². The molecular weight excluding hydrogens is 356 g/mol. The lowest BCUT2D eigenvalue weighted by atomic mass is 9.96. The summed E-state index contributed by atoms with van der Waals surface area (Å²) in [5.74, 6) is -0.566. The molecule has 0 aliphatic carbocycles. The van der Waals surface area contributed by atoms with Crippen LogP contribution in [0.3, 0.4) is 0 Å². The molecule has 2 aliphatic rings. The van der Waals surface area contributed by atoms with Crippen LogP contribution in [-0.4, -0.2) is 22.2 Å². The molecule has 0 radical (unpaired) electrons. The molecular formula is C22H20N2O4. The van der Waals surface area contributed by atoms with Crippen LogP contribution in [0.4, 0.5) is 0 Å². The number of pyridine rings is 1. The van der Waals surface area contributed by atoms with Gasteiger partial charge in [0.05, 0.1) is 16.9 Å². The molecule has 2 aromatic carbocycles. The molecule has 2 N–H and O–H groups in total. The number of aromatic nitrogens is 1. The third-order valence-electron chi connectivity index (χ3n) is 5.84. The molecule has 0 fully saturated rings. The average molecular weight is 376 g/mol. The predicted molar refractivity (Wildman–Crippen MR) is 106 cm³/mol. The molecule has 2 aliphatic heterocycles. The number of rotatable bonds is 2. The highest BCUT2D eigenvalue weighted by molar-refractivity contribution is 5.97. The summed E-state index contributed by atoms with van der Waals surface area (Å²) in [4.78, 5) is 24.2. The number of ether oxygens (including phenoxy) is 1. The SMILES string of the molecule is CC1NCc2cc(-c3ccc4c(=O)c(C(=O)O)cn5c4c3OCC5C)ccc21. The van der Waals surface area contributed by atoms with E-state index in [1.807, 2.05) is 17.6 Å². The van der Waals surface area contributed by atoms with Crippen LogP contribution in [0, 0.1) is 0 Å². The van der Waals surface area contributed by atoms with E-state index < -0.39 is 11.4 Å². The quantitative estimate of drug-likeness (QED) is 0.716. The van der Waals surface area contributed by atoms with Crippen LogP contribution in [0.25, 0.3) is 22.0 Å². The van der Waals surface area contributed by atoms with E-state index in [9.17, 15) is 14.7 Å². The fraction of sp³-hybridized carbons (Fsp3) is 0.273. The minimum Gasteiger partial charge on any atom is -0.489 e. The highest BCUT2D eigenvalue weighted by atomic mass is 16.5. The first kappa shape index (κ1) is 17.0. The van der Waals surface area contributed by atoms with Gasteiger partial charge in [0, 0.05) is 24.3 Å². The van der Waals surface area contributed by atoms with Crippen molar-refractivity contribution in [2.45, 2.75) is 32.5 Å². The van der Waals surface area contributed by atoms with Gasteiger partial charge >= 0.3 is 5.97 Å². The Bertz CT molecular complexity index is 1210. The number of hydrogen-bond acceptors (Lipinski definition) is 4. The summed E-state index contributed by atoms with van der Waals surface area (Å²) in [5, 5.41) is 13.2. The molecule has 0 spiro atoms. The number of benzene rings is 2. The number of fused-ring (bicyclic) bond motifs is 1. The maximum atomic E-state index is 12.7. The van der Waals surface area contributed by atoms with Gasteiger partial charge in [-0.05, 0) is 48.7 Å². The van der Waals surface area contributed by atoms with E-state index in [1.165, 1.54) is 17.3 Å². The largest absolute Gasteiger partial charge is 0.489 e. The zero-order valence-electron chi connectivity index (χ0n) is 15.7. The smallest absolute Gasteiger partial charge is 0.341 e. The Labute approximate surface area is 161 Å². The summed E-state index contributed by atoms with van der Waals surface area (Å²) in [6.45, 7) is 5.35. The van der Waals surface area contributed by atoms with Gasteiger partial charge in [-0.2, -0.15) is 0 Å². The van der Waals surface area contributed by atoms with Crippen molar-refractivity contribution in [1.82, 2.24) is 9.88 Å². The van der Waals surface area contributed by atoms with Crippen molar-refractivity contribution in [1.29, 1.82) is 0 Å². The van der Waals surface area contributed by atoms with Crippen LogP contribution < -0.4 is 15.5 Å². The van der Waals surface area contributed by atoms with Crippen LogP contribution in [0.2, 0.25) is 0 Å². The number of nitrogens with one attached hydrogen (secondary N) is 1. The van der Waals surface area contributed by atoms with E-state index in [4.69, 9.17) is 4.74 Å². The molecule has 0 bridgehead atoms. The topological polar surface area (TPSA) is 80.6 Å². The molecule has 6 nitrogen and oxygen atoms in total. The van der Waals surface area contributed by atoms with Crippen molar-refractivity contribution in [2.24, 2.45) is 0 Å². The van der Waals surface area contributed by atoms with Crippen LogP contribution >= 0.6 is 0 Å². The third kappa shape index (κ3) is 2.31. The van der Waals surface area contributed by atoms with Crippen molar-refractivity contribution < 1.29 is 14.6 Å². The van der Waals surface area contributed by atoms with Crippen molar-refractivity contribution in [3.8, 4) is 16.9 Å². The first-order valence-electron chi connectivity index (χ1n) is 9.40. The van der Waals surface area contributed by atoms with E-state index in [0.29, 0.717) is 29.3 Å². The first-order valence-corrected chi connectivity index (χ1v) is 9.40. The van der Waals surface area contributed by atoms with Crippen molar-refractivity contribution >= 4 is 16.9 Å².